The van der Waals surface area contributed by atoms with Crippen LogP contribution in [0.1, 0.15) is 63.9 Å². The first-order chi connectivity index (χ1) is 17.7. The standard InChI is InChI=1S/C29H34N4O3/c1-36-27-10-6-5-9-24(27)21-32-28(34)23-11-12-26-25(19-23)20-31-15-7-3-2-4-8-18-33(26)29(35)22-13-16-30-17-14-22/h5-6,9-14,16-17,19,31H,2-4,7-8,15,18,20-21H2,1H3,(H,32,34). The van der Waals surface area contributed by atoms with Crippen LogP contribution >= 0.6 is 0 Å². The molecule has 4 rings (SSSR count). The summed E-state index contributed by atoms with van der Waals surface area (Å²) in [6.07, 6.45) is 8.75. The number of nitrogens with zero attached hydrogens (tertiary/aromatic N) is 2. The zero-order valence-electron chi connectivity index (χ0n) is 20.8. The van der Waals surface area contributed by atoms with Crippen LogP contribution in [0.3, 0.4) is 0 Å². The van der Waals surface area contributed by atoms with E-state index in [1.54, 1.807) is 37.7 Å². The van der Waals surface area contributed by atoms with Gasteiger partial charge in [-0.1, -0.05) is 37.5 Å². The summed E-state index contributed by atoms with van der Waals surface area (Å²) in [5.41, 5.74) is 3.85. The van der Waals surface area contributed by atoms with Crippen molar-refractivity contribution >= 4 is 17.5 Å². The number of hydrogen-bond acceptors (Lipinski definition) is 5. The van der Waals surface area contributed by atoms with Crippen LogP contribution in [0.15, 0.2) is 67.0 Å². The fourth-order valence-corrected chi connectivity index (χ4v) is 4.51. The molecule has 0 bridgehead atoms. The van der Waals surface area contributed by atoms with Gasteiger partial charge in [0.2, 0.25) is 0 Å². The molecule has 2 N–H and O–H groups in total. The van der Waals surface area contributed by atoms with Gasteiger partial charge >= 0.3 is 0 Å². The minimum Gasteiger partial charge on any atom is -0.496 e. The van der Waals surface area contributed by atoms with Gasteiger partial charge in [0.05, 0.1) is 7.11 Å². The summed E-state index contributed by atoms with van der Waals surface area (Å²) in [6, 6.07) is 16.7. The summed E-state index contributed by atoms with van der Waals surface area (Å²) in [4.78, 5) is 32.5. The summed E-state index contributed by atoms with van der Waals surface area (Å²) >= 11 is 0. The molecule has 0 spiro atoms. The lowest BCUT2D eigenvalue weighted by Crippen LogP contribution is -2.34. The summed E-state index contributed by atoms with van der Waals surface area (Å²) in [5.74, 6) is 0.524. The number of para-hydroxylation sites is 1. The van der Waals surface area contributed by atoms with E-state index in [0.717, 1.165) is 54.8 Å². The van der Waals surface area contributed by atoms with E-state index in [9.17, 15) is 9.59 Å². The molecule has 1 aliphatic rings. The van der Waals surface area contributed by atoms with Gasteiger partial charge in [-0.15, -0.1) is 0 Å². The number of amides is 2. The Bertz CT molecular complexity index is 1170. The Morgan fingerprint density at radius 3 is 2.58 bits per heavy atom. The van der Waals surface area contributed by atoms with E-state index >= 15 is 0 Å². The molecule has 7 nitrogen and oxygen atoms in total. The van der Waals surface area contributed by atoms with Crippen molar-refractivity contribution < 1.29 is 14.3 Å². The number of hydrogen-bond donors (Lipinski definition) is 2. The second-order valence-electron chi connectivity index (χ2n) is 8.98. The molecule has 36 heavy (non-hydrogen) atoms. The van der Waals surface area contributed by atoms with Crippen molar-refractivity contribution in [3.63, 3.8) is 0 Å². The van der Waals surface area contributed by atoms with E-state index in [0.29, 0.717) is 30.8 Å². The highest BCUT2D eigenvalue weighted by molar-refractivity contribution is 6.06. The highest BCUT2D eigenvalue weighted by Crippen LogP contribution is 2.26. The number of benzene rings is 2. The number of anilines is 1. The molecule has 3 aromatic rings. The van der Waals surface area contributed by atoms with Crippen LogP contribution < -0.4 is 20.3 Å². The molecule has 0 unspecified atom stereocenters. The molecule has 0 aliphatic carbocycles. The van der Waals surface area contributed by atoms with Gasteiger partial charge in [-0.2, -0.15) is 0 Å². The normalized spacial score (nSPS) is 14.6. The predicted molar refractivity (Wildman–Crippen MR) is 141 cm³/mol. The molecule has 2 amide bonds. The van der Waals surface area contributed by atoms with Crippen molar-refractivity contribution in [3.05, 3.63) is 89.2 Å². The second kappa shape index (κ2) is 12.8. The molecule has 0 fully saturated rings. The Morgan fingerprint density at radius 2 is 1.75 bits per heavy atom. The number of pyridine rings is 1. The number of carbonyl (C=O) groups excluding carboxylic acids is 2. The van der Waals surface area contributed by atoms with Gasteiger partial charge in [-0.25, -0.2) is 0 Å². The molecule has 7 heteroatoms. The highest BCUT2D eigenvalue weighted by atomic mass is 16.5. The topological polar surface area (TPSA) is 83.6 Å². The van der Waals surface area contributed by atoms with E-state index in [2.05, 4.69) is 15.6 Å². The minimum atomic E-state index is -0.165. The molecule has 1 aliphatic heterocycles. The monoisotopic (exact) mass is 486 g/mol. The Kier molecular flexibility index (Phi) is 9.05. The van der Waals surface area contributed by atoms with Crippen LogP contribution in [0, 0.1) is 0 Å². The maximum atomic E-state index is 13.5. The van der Waals surface area contributed by atoms with Crippen molar-refractivity contribution in [2.24, 2.45) is 0 Å². The van der Waals surface area contributed by atoms with Crippen molar-refractivity contribution in [3.8, 4) is 5.75 Å². The fourth-order valence-electron chi connectivity index (χ4n) is 4.51. The first-order valence-corrected chi connectivity index (χ1v) is 12.6. The molecule has 2 heterocycles. The highest BCUT2D eigenvalue weighted by Gasteiger charge is 2.22. The summed E-state index contributed by atoms with van der Waals surface area (Å²) in [5, 5.41) is 6.50. The largest absolute Gasteiger partial charge is 0.496 e. The Morgan fingerprint density at radius 1 is 0.972 bits per heavy atom. The number of aromatic nitrogens is 1. The molecule has 0 saturated heterocycles. The van der Waals surface area contributed by atoms with Crippen LogP contribution in [-0.2, 0) is 13.1 Å². The number of methoxy groups -OCH3 is 1. The Hall–Kier alpha value is -3.71. The predicted octanol–water partition coefficient (Wildman–Crippen LogP) is 4.72. The van der Waals surface area contributed by atoms with E-state index in [1.165, 1.54) is 6.42 Å². The fraction of sp³-hybridized carbons (Fsp3) is 0.345. The summed E-state index contributed by atoms with van der Waals surface area (Å²) < 4.78 is 5.39. The van der Waals surface area contributed by atoms with Crippen molar-refractivity contribution in [1.82, 2.24) is 15.6 Å². The number of carbonyl (C=O) groups is 2. The maximum Gasteiger partial charge on any atom is 0.258 e. The first kappa shape index (κ1) is 25.4. The minimum absolute atomic E-state index is 0.0518. The molecule has 0 radical (unpaired) electrons. The van der Waals surface area contributed by atoms with Crippen molar-refractivity contribution in [2.45, 2.75) is 45.2 Å². The van der Waals surface area contributed by atoms with E-state index in [-0.39, 0.29) is 11.8 Å². The number of fused-ring (bicyclic) bond motifs is 1. The first-order valence-electron chi connectivity index (χ1n) is 12.6. The van der Waals surface area contributed by atoms with E-state index < -0.39 is 0 Å². The molecular formula is C29H34N4O3. The molecule has 1 aromatic heterocycles. The molecule has 2 aromatic carbocycles. The third-order valence-corrected chi connectivity index (χ3v) is 6.49. The van der Waals surface area contributed by atoms with Gasteiger partial charge in [0.1, 0.15) is 5.75 Å². The van der Waals surface area contributed by atoms with Crippen LogP contribution in [0.25, 0.3) is 0 Å². The number of ether oxygens (including phenoxy) is 1. The third kappa shape index (κ3) is 6.49. The van der Waals surface area contributed by atoms with Crippen LogP contribution in [0.4, 0.5) is 5.69 Å². The van der Waals surface area contributed by atoms with E-state index in [1.807, 2.05) is 41.3 Å². The number of rotatable bonds is 5. The van der Waals surface area contributed by atoms with Gasteiger partial charge in [-0.3, -0.25) is 14.6 Å². The van der Waals surface area contributed by atoms with Gasteiger partial charge in [0.15, 0.2) is 0 Å². The van der Waals surface area contributed by atoms with Crippen LogP contribution in [-0.4, -0.2) is 37.0 Å². The quantitative estimate of drug-likeness (QED) is 0.545. The molecule has 188 valence electrons. The SMILES string of the molecule is COc1ccccc1CNC(=O)c1ccc2c(c1)CNCCCCCCCN2C(=O)c1ccncc1. The number of nitrogens with one attached hydrogen (secondary N) is 2. The smallest absolute Gasteiger partial charge is 0.258 e. The van der Waals surface area contributed by atoms with Gasteiger partial charge in [-0.05, 0) is 61.3 Å². The molecule has 0 saturated carbocycles. The lowest BCUT2D eigenvalue weighted by atomic mass is 10.0. The van der Waals surface area contributed by atoms with Crippen LogP contribution in [0.2, 0.25) is 0 Å². The second-order valence-corrected chi connectivity index (χ2v) is 8.98. The molecular weight excluding hydrogens is 452 g/mol. The van der Waals surface area contributed by atoms with Gasteiger partial charge in [0, 0.05) is 54.4 Å². The lowest BCUT2D eigenvalue weighted by Gasteiger charge is -2.27. The maximum absolute atomic E-state index is 13.5. The van der Waals surface area contributed by atoms with Crippen molar-refractivity contribution in [2.75, 3.05) is 25.1 Å². The average molecular weight is 487 g/mol. The third-order valence-electron chi connectivity index (χ3n) is 6.49. The summed E-state index contributed by atoms with van der Waals surface area (Å²) in [6.45, 7) is 2.49. The summed E-state index contributed by atoms with van der Waals surface area (Å²) in [7, 11) is 1.62. The zero-order valence-corrected chi connectivity index (χ0v) is 20.8. The van der Waals surface area contributed by atoms with Gasteiger partial charge in [0.25, 0.3) is 11.8 Å². The average Bonchev–Trinajstić information content (AvgIpc) is 2.92. The van der Waals surface area contributed by atoms with E-state index in [4.69, 9.17) is 4.74 Å². The Balaban J connectivity index is 1.60. The lowest BCUT2D eigenvalue weighted by molar-refractivity contribution is 0.0949. The van der Waals surface area contributed by atoms with Crippen LogP contribution in [0.5, 0.6) is 5.75 Å². The Labute approximate surface area is 212 Å². The zero-order chi connectivity index (χ0) is 25.2. The van der Waals surface area contributed by atoms with Gasteiger partial charge < -0.3 is 20.3 Å². The molecule has 0 atom stereocenters. The van der Waals surface area contributed by atoms with Crippen molar-refractivity contribution in [1.29, 1.82) is 0 Å².